The Morgan fingerprint density at radius 3 is 2.17 bits per heavy atom. The molecule has 0 saturated heterocycles. The third-order valence-electron chi connectivity index (χ3n) is 3.22. The van der Waals surface area contributed by atoms with Crippen LogP contribution in [-0.4, -0.2) is 24.9 Å². The highest BCUT2D eigenvalue weighted by molar-refractivity contribution is 5.77. The fourth-order valence-corrected chi connectivity index (χ4v) is 2.20. The molecule has 1 aromatic heterocycles. The Kier molecular flexibility index (Phi) is 3.24. The molecule has 3 nitrogen and oxygen atoms in total. The maximum atomic E-state index is 10.9. The first kappa shape index (κ1) is 12.4. The molecule has 94 valence electrons. The Labute approximate surface area is 108 Å². The lowest BCUT2D eigenvalue weighted by atomic mass is 10.2. The molecule has 2 rings (SSSR count). The summed E-state index contributed by atoms with van der Waals surface area (Å²) >= 11 is 0. The summed E-state index contributed by atoms with van der Waals surface area (Å²) in [5, 5.41) is 0. The summed E-state index contributed by atoms with van der Waals surface area (Å²) in [5.74, 6) is 0. The molecule has 0 amide bonds. The molecule has 0 aliphatic carbocycles. The molecule has 3 heteroatoms. The summed E-state index contributed by atoms with van der Waals surface area (Å²) < 4.78 is 2.10. The Morgan fingerprint density at radius 1 is 1.11 bits per heavy atom. The first-order valence-corrected chi connectivity index (χ1v) is 5.96. The van der Waals surface area contributed by atoms with Crippen LogP contribution in [0.5, 0.6) is 0 Å². The van der Waals surface area contributed by atoms with Crippen molar-refractivity contribution in [3.8, 4) is 5.69 Å². The van der Waals surface area contributed by atoms with Crippen LogP contribution >= 0.6 is 0 Å². The standard InChI is InChI=1S/C15H18N2O/c1-11-9-13(10-18)12(2)17(11)15-7-5-14(6-8-15)16(3)4/h5-10H,1-4H3. The van der Waals surface area contributed by atoms with E-state index in [4.69, 9.17) is 0 Å². The first-order chi connectivity index (χ1) is 8.54. The smallest absolute Gasteiger partial charge is 0.151 e. The molecule has 0 unspecified atom stereocenters. The molecule has 0 bridgehead atoms. The second-order valence-corrected chi connectivity index (χ2v) is 4.69. The van der Waals surface area contributed by atoms with Gasteiger partial charge in [0.1, 0.15) is 0 Å². The summed E-state index contributed by atoms with van der Waals surface area (Å²) in [6.45, 7) is 3.98. The molecule has 0 spiro atoms. The third-order valence-corrected chi connectivity index (χ3v) is 3.22. The van der Waals surface area contributed by atoms with Gasteiger partial charge in [-0.1, -0.05) is 0 Å². The van der Waals surface area contributed by atoms with E-state index < -0.39 is 0 Å². The normalized spacial score (nSPS) is 10.4. The van der Waals surface area contributed by atoms with Crippen LogP contribution in [0.4, 0.5) is 5.69 Å². The molecule has 0 aliphatic rings. The van der Waals surface area contributed by atoms with Crippen LogP contribution in [0.1, 0.15) is 21.7 Å². The number of carbonyl (C=O) groups is 1. The van der Waals surface area contributed by atoms with Crippen LogP contribution in [0.2, 0.25) is 0 Å². The maximum Gasteiger partial charge on any atom is 0.151 e. The second kappa shape index (κ2) is 4.69. The van der Waals surface area contributed by atoms with Crippen LogP contribution in [0.25, 0.3) is 5.69 Å². The van der Waals surface area contributed by atoms with Crippen LogP contribution < -0.4 is 4.90 Å². The number of rotatable bonds is 3. The summed E-state index contributed by atoms with van der Waals surface area (Å²) in [4.78, 5) is 13.0. The average molecular weight is 242 g/mol. The summed E-state index contributed by atoms with van der Waals surface area (Å²) in [7, 11) is 4.04. The van der Waals surface area contributed by atoms with Gasteiger partial charge < -0.3 is 9.47 Å². The van der Waals surface area contributed by atoms with Gasteiger partial charge in [0.05, 0.1) is 0 Å². The van der Waals surface area contributed by atoms with Gasteiger partial charge in [-0.2, -0.15) is 0 Å². The van der Waals surface area contributed by atoms with Crippen LogP contribution in [-0.2, 0) is 0 Å². The van der Waals surface area contributed by atoms with E-state index in [0.29, 0.717) is 0 Å². The Hall–Kier alpha value is -2.03. The number of aryl methyl sites for hydroxylation is 1. The minimum Gasteiger partial charge on any atom is -0.378 e. The van der Waals surface area contributed by atoms with E-state index in [0.717, 1.165) is 34.6 Å². The van der Waals surface area contributed by atoms with Crippen molar-refractivity contribution in [1.29, 1.82) is 0 Å². The van der Waals surface area contributed by atoms with E-state index in [1.165, 1.54) is 0 Å². The van der Waals surface area contributed by atoms with Gasteiger partial charge in [0.15, 0.2) is 6.29 Å². The van der Waals surface area contributed by atoms with Gasteiger partial charge in [-0.3, -0.25) is 4.79 Å². The van der Waals surface area contributed by atoms with Crippen LogP contribution in [0.3, 0.4) is 0 Å². The van der Waals surface area contributed by atoms with Gasteiger partial charge in [-0.25, -0.2) is 0 Å². The van der Waals surface area contributed by atoms with Crippen molar-refractivity contribution in [2.24, 2.45) is 0 Å². The number of aldehydes is 1. The molecule has 0 radical (unpaired) electrons. The van der Waals surface area contributed by atoms with E-state index in [2.05, 4.69) is 33.7 Å². The van der Waals surface area contributed by atoms with Crippen molar-refractivity contribution in [3.63, 3.8) is 0 Å². The summed E-state index contributed by atoms with van der Waals surface area (Å²) in [6, 6.07) is 10.2. The molecule has 1 aromatic carbocycles. The fourth-order valence-electron chi connectivity index (χ4n) is 2.20. The van der Waals surface area contributed by atoms with Crippen molar-refractivity contribution in [3.05, 3.63) is 47.3 Å². The molecular weight excluding hydrogens is 224 g/mol. The lowest BCUT2D eigenvalue weighted by Gasteiger charge is -2.14. The highest BCUT2D eigenvalue weighted by Crippen LogP contribution is 2.21. The molecule has 0 atom stereocenters. The zero-order chi connectivity index (χ0) is 13.3. The number of benzene rings is 1. The number of hydrogen-bond acceptors (Lipinski definition) is 2. The summed E-state index contributed by atoms with van der Waals surface area (Å²) in [6.07, 6.45) is 0.910. The Bertz CT molecular complexity index is 565. The van der Waals surface area contributed by atoms with Crippen molar-refractivity contribution in [2.75, 3.05) is 19.0 Å². The molecule has 18 heavy (non-hydrogen) atoms. The number of nitrogens with zero attached hydrogens (tertiary/aromatic N) is 2. The van der Waals surface area contributed by atoms with Crippen molar-refractivity contribution in [1.82, 2.24) is 4.57 Å². The number of anilines is 1. The van der Waals surface area contributed by atoms with Crippen LogP contribution in [0, 0.1) is 13.8 Å². The number of aromatic nitrogens is 1. The highest BCUT2D eigenvalue weighted by Gasteiger charge is 2.09. The predicted molar refractivity (Wildman–Crippen MR) is 75.0 cm³/mol. The Morgan fingerprint density at radius 2 is 1.72 bits per heavy atom. The molecule has 0 saturated carbocycles. The number of hydrogen-bond donors (Lipinski definition) is 0. The highest BCUT2D eigenvalue weighted by atomic mass is 16.1. The molecule has 1 heterocycles. The first-order valence-electron chi connectivity index (χ1n) is 5.96. The minimum absolute atomic E-state index is 0.754. The second-order valence-electron chi connectivity index (χ2n) is 4.69. The quantitative estimate of drug-likeness (QED) is 0.773. The molecule has 0 fully saturated rings. The van der Waals surface area contributed by atoms with Gasteiger partial charge in [0, 0.05) is 42.4 Å². The van der Waals surface area contributed by atoms with Gasteiger partial charge in [0.2, 0.25) is 0 Å². The SMILES string of the molecule is Cc1cc(C=O)c(C)n1-c1ccc(N(C)C)cc1. The van der Waals surface area contributed by atoms with E-state index in [1.54, 1.807) is 0 Å². The van der Waals surface area contributed by atoms with Crippen LogP contribution in [0.15, 0.2) is 30.3 Å². The van der Waals surface area contributed by atoms with Gasteiger partial charge in [-0.15, -0.1) is 0 Å². The topological polar surface area (TPSA) is 25.2 Å². The van der Waals surface area contributed by atoms with Crippen molar-refractivity contribution >= 4 is 12.0 Å². The predicted octanol–water partition coefficient (Wildman–Crippen LogP) is 2.97. The maximum absolute atomic E-state index is 10.9. The zero-order valence-electron chi connectivity index (χ0n) is 11.3. The van der Waals surface area contributed by atoms with Gasteiger partial charge >= 0.3 is 0 Å². The minimum atomic E-state index is 0.754. The fraction of sp³-hybridized carbons (Fsp3) is 0.267. The zero-order valence-corrected chi connectivity index (χ0v) is 11.3. The lowest BCUT2D eigenvalue weighted by molar-refractivity contribution is 0.112. The van der Waals surface area contributed by atoms with E-state index >= 15 is 0 Å². The van der Waals surface area contributed by atoms with E-state index in [9.17, 15) is 4.79 Å². The monoisotopic (exact) mass is 242 g/mol. The van der Waals surface area contributed by atoms with E-state index in [-0.39, 0.29) is 0 Å². The summed E-state index contributed by atoms with van der Waals surface area (Å²) in [5.41, 5.74) is 5.07. The van der Waals surface area contributed by atoms with E-state index in [1.807, 2.05) is 34.0 Å². The molecule has 0 aliphatic heterocycles. The molecule has 0 N–H and O–H groups in total. The van der Waals surface area contributed by atoms with Gasteiger partial charge in [-0.05, 0) is 44.2 Å². The van der Waals surface area contributed by atoms with Crippen molar-refractivity contribution in [2.45, 2.75) is 13.8 Å². The van der Waals surface area contributed by atoms with Gasteiger partial charge in [0.25, 0.3) is 0 Å². The Balaban J connectivity index is 2.49. The lowest BCUT2D eigenvalue weighted by Crippen LogP contribution is -2.08. The average Bonchev–Trinajstić information content (AvgIpc) is 2.64. The number of carbonyl (C=O) groups excluding carboxylic acids is 1. The molecule has 2 aromatic rings. The molecular formula is C15H18N2O. The largest absolute Gasteiger partial charge is 0.378 e. The third kappa shape index (κ3) is 2.04. The van der Waals surface area contributed by atoms with Crippen molar-refractivity contribution < 1.29 is 4.79 Å².